The van der Waals surface area contributed by atoms with Crippen molar-refractivity contribution in [2.45, 2.75) is 0 Å². The normalized spacial score (nSPS) is 9.36. The maximum atomic E-state index is 8.88. The van der Waals surface area contributed by atoms with Gasteiger partial charge < -0.3 is 0 Å². The Bertz CT molecular complexity index is 469. The summed E-state index contributed by atoms with van der Waals surface area (Å²) in [6, 6.07) is 13.5. The van der Waals surface area contributed by atoms with Gasteiger partial charge in [0.1, 0.15) is 0 Å². The van der Waals surface area contributed by atoms with E-state index >= 15 is 0 Å². The van der Waals surface area contributed by atoms with Crippen LogP contribution in [0.4, 0.5) is 0 Å². The molecule has 2 aromatic rings. The lowest BCUT2D eigenvalue weighted by Gasteiger charge is -2.00. The Hall–Kier alpha value is -2.14. The molecule has 0 unspecified atom stereocenters. The van der Waals surface area contributed by atoms with Crippen molar-refractivity contribution in [3.63, 3.8) is 0 Å². The van der Waals surface area contributed by atoms with Gasteiger partial charge in [0.05, 0.1) is 17.8 Å². The standard InChI is InChI=1S/C12H7N2/c13-8-11-6-7-14-9-12(11)10-4-2-1-3-5-10/h1-7H. The van der Waals surface area contributed by atoms with Crippen LogP contribution in [0.2, 0.25) is 0 Å². The zero-order chi connectivity index (χ0) is 9.80. The number of aromatic nitrogens is 1. The van der Waals surface area contributed by atoms with Gasteiger partial charge in [-0.15, -0.1) is 0 Å². The molecule has 1 aromatic heterocycles. The minimum Gasteiger partial charge on any atom is -0.254 e. The fraction of sp³-hybridized carbons (Fsp3) is 0. The van der Waals surface area contributed by atoms with Crippen LogP contribution >= 0.6 is 0 Å². The summed E-state index contributed by atoms with van der Waals surface area (Å²) in [6.45, 7) is 0. The molecular formula is C12H7N2. The molecule has 0 aliphatic carbocycles. The van der Waals surface area contributed by atoms with E-state index in [0.29, 0.717) is 5.56 Å². The minimum absolute atomic E-state index is 0.603. The number of nitriles is 1. The SMILES string of the molecule is N#Cc1ccn[c]c1-c1ccccc1. The lowest BCUT2D eigenvalue weighted by Crippen LogP contribution is -1.85. The molecule has 2 nitrogen and oxygen atoms in total. The fourth-order valence-corrected chi connectivity index (χ4v) is 1.28. The summed E-state index contributed by atoms with van der Waals surface area (Å²) in [4.78, 5) is 3.89. The summed E-state index contributed by atoms with van der Waals surface area (Å²) in [5, 5.41) is 8.88. The third-order valence-corrected chi connectivity index (χ3v) is 1.94. The lowest BCUT2D eigenvalue weighted by molar-refractivity contribution is 1.29. The maximum Gasteiger partial charge on any atom is 0.0999 e. The quantitative estimate of drug-likeness (QED) is 0.674. The lowest BCUT2D eigenvalue weighted by atomic mass is 10.0. The number of hydrogen-bond acceptors (Lipinski definition) is 2. The molecule has 0 amide bonds. The highest BCUT2D eigenvalue weighted by Gasteiger charge is 2.03. The first-order valence-corrected chi connectivity index (χ1v) is 4.24. The first kappa shape index (κ1) is 8.46. The smallest absolute Gasteiger partial charge is 0.0999 e. The van der Waals surface area contributed by atoms with Crippen LogP contribution in [0, 0.1) is 17.5 Å². The second-order valence-electron chi connectivity index (χ2n) is 2.82. The molecular weight excluding hydrogens is 172 g/mol. The molecule has 0 aliphatic rings. The molecule has 65 valence electrons. The van der Waals surface area contributed by atoms with Crippen molar-refractivity contribution < 1.29 is 0 Å². The second kappa shape index (κ2) is 3.71. The minimum atomic E-state index is 0.603. The van der Waals surface area contributed by atoms with Crippen LogP contribution in [0.25, 0.3) is 11.1 Å². The highest BCUT2D eigenvalue weighted by molar-refractivity contribution is 5.68. The van der Waals surface area contributed by atoms with Crippen molar-refractivity contribution in [1.82, 2.24) is 4.98 Å². The van der Waals surface area contributed by atoms with Gasteiger partial charge >= 0.3 is 0 Å². The topological polar surface area (TPSA) is 36.7 Å². The summed E-state index contributed by atoms with van der Waals surface area (Å²) in [6.07, 6.45) is 4.41. The van der Waals surface area contributed by atoms with E-state index in [2.05, 4.69) is 17.3 Å². The van der Waals surface area contributed by atoms with Gasteiger partial charge in [-0.25, -0.2) is 0 Å². The van der Waals surface area contributed by atoms with Crippen molar-refractivity contribution in [1.29, 1.82) is 5.26 Å². The Balaban J connectivity index is 2.58. The predicted molar refractivity (Wildman–Crippen MR) is 53.2 cm³/mol. The van der Waals surface area contributed by atoms with Crippen molar-refractivity contribution >= 4 is 0 Å². The Morgan fingerprint density at radius 1 is 1.14 bits per heavy atom. The molecule has 1 radical (unpaired) electrons. The van der Waals surface area contributed by atoms with Crippen LogP contribution in [0.5, 0.6) is 0 Å². The molecule has 0 fully saturated rings. The molecule has 0 saturated carbocycles. The Morgan fingerprint density at radius 3 is 2.64 bits per heavy atom. The monoisotopic (exact) mass is 179 g/mol. The van der Waals surface area contributed by atoms with Crippen molar-refractivity contribution in [3.05, 3.63) is 54.4 Å². The summed E-state index contributed by atoms with van der Waals surface area (Å²) in [5.74, 6) is 0. The number of pyridine rings is 1. The van der Waals surface area contributed by atoms with E-state index in [9.17, 15) is 0 Å². The molecule has 14 heavy (non-hydrogen) atoms. The summed E-state index contributed by atoms with van der Waals surface area (Å²) in [7, 11) is 0. The highest BCUT2D eigenvalue weighted by atomic mass is 14.6. The Labute approximate surface area is 82.5 Å². The fourth-order valence-electron chi connectivity index (χ4n) is 1.28. The van der Waals surface area contributed by atoms with E-state index in [4.69, 9.17) is 5.26 Å². The Kier molecular flexibility index (Phi) is 2.24. The molecule has 0 saturated heterocycles. The molecule has 0 atom stereocenters. The van der Waals surface area contributed by atoms with Crippen LogP contribution in [0.15, 0.2) is 42.6 Å². The molecule has 0 N–H and O–H groups in total. The molecule has 0 aliphatic heterocycles. The van der Waals surface area contributed by atoms with Crippen LogP contribution in [0.1, 0.15) is 5.56 Å². The zero-order valence-electron chi connectivity index (χ0n) is 7.44. The van der Waals surface area contributed by atoms with E-state index in [1.165, 1.54) is 0 Å². The third-order valence-electron chi connectivity index (χ3n) is 1.94. The van der Waals surface area contributed by atoms with Crippen LogP contribution < -0.4 is 0 Å². The molecule has 2 rings (SSSR count). The van der Waals surface area contributed by atoms with E-state index in [1.807, 2.05) is 30.3 Å². The first-order valence-electron chi connectivity index (χ1n) is 4.24. The van der Waals surface area contributed by atoms with E-state index in [1.54, 1.807) is 12.3 Å². The van der Waals surface area contributed by atoms with Gasteiger partial charge in [-0.05, 0) is 11.6 Å². The van der Waals surface area contributed by atoms with Gasteiger partial charge in [0.25, 0.3) is 0 Å². The zero-order valence-corrected chi connectivity index (χ0v) is 7.44. The van der Waals surface area contributed by atoms with Crippen molar-refractivity contribution in [3.8, 4) is 17.2 Å². The van der Waals surface area contributed by atoms with E-state index in [0.717, 1.165) is 11.1 Å². The van der Waals surface area contributed by atoms with Gasteiger partial charge in [0.15, 0.2) is 0 Å². The molecule has 2 heteroatoms. The van der Waals surface area contributed by atoms with Gasteiger partial charge in [-0.1, -0.05) is 30.3 Å². The van der Waals surface area contributed by atoms with Crippen LogP contribution in [-0.2, 0) is 0 Å². The first-order chi connectivity index (χ1) is 6.92. The largest absolute Gasteiger partial charge is 0.254 e. The average Bonchev–Trinajstić information content (AvgIpc) is 2.30. The summed E-state index contributed by atoms with van der Waals surface area (Å²) in [5.41, 5.74) is 2.33. The average molecular weight is 179 g/mol. The number of benzene rings is 1. The summed E-state index contributed by atoms with van der Waals surface area (Å²) < 4.78 is 0. The molecule has 0 bridgehead atoms. The molecule has 1 aromatic carbocycles. The van der Waals surface area contributed by atoms with Crippen LogP contribution in [-0.4, -0.2) is 4.98 Å². The van der Waals surface area contributed by atoms with Crippen molar-refractivity contribution in [2.24, 2.45) is 0 Å². The maximum absolute atomic E-state index is 8.88. The Morgan fingerprint density at radius 2 is 1.93 bits per heavy atom. The van der Waals surface area contributed by atoms with E-state index in [-0.39, 0.29) is 0 Å². The molecule has 0 spiro atoms. The van der Waals surface area contributed by atoms with Gasteiger partial charge in [0.2, 0.25) is 0 Å². The number of nitrogens with zero attached hydrogens (tertiary/aromatic N) is 2. The van der Waals surface area contributed by atoms with Crippen molar-refractivity contribution in [2.75, 3.05) is 0 Å². The van der Waals surface area contributed by atoms with Crippen LogP contribution in [0.3, 0.4) is 0 Å². The molecule has 1 heterocycles. The predicted octanol–water partition coefficient (Wildman–Crippen LogP) is 2.42. The van der Waals surface area contributed by atoms with E-state index < -0.39 is 0 Å². The third kappa shape index (κ3) is 1.48. The van der Waals surface area contributed by atoms with Gasteiger partial charge in [0, 0.05) is 11.8 Å². The second-order valence-corrected chi connectivity index (χ2v) is 2.82. The summed E-state index contributed by atoms with van der Waals surface area (Å²) >= 11 is 0. The number of rotatable bonds is 1. The highest BCUT2D eigenvalue weighted by Crippen LogP contribution is 2.20. The van der Waals surface area contributed by atoms with Gasteiger partial charge in [-0.3, -0.25) is 4.98 Å². The number of hydrogen-bond donors (Lipinski definition) is 0. The van der Waals surface area contributed by atoms with Gasteiger partial charge in [-0.2, -0.15) is 5.26 Å².